The van der Waals surface area contributed by atoms with Crippen molar-refractivity contribution in [3.05, 3.63) is 0 Å². The predicted octanol–water partition coefficient (Wildman–Crippen LogP) is 3.11. The van der Waals surface area contributed by atoms with E-state index in [1.54, 1.807) is 0 Å². The van der Waals surface area contributed by atoms with E-state index in [9.17, 15) is 19.2 Å². The molecule has 0 aliphatic carbocycles. The highest BCUT2D eigenvalue weighted by Crippen LogP contribution is 2.05. The SMILES string of the molecule is CCCCCCCCNC(=O)C[N+](C)(C)CC(=O)NCCCCNC(=O)C[N+](C)(C)CC(=O)NCCCCCCCC. The molecule has 0 bridgehead atoms. The summed E-state index contributed by atoms with van der Waals surface area (Å²) < 4.78 is 0.602. The minimum atomic E-state index is -0.0819. The normalized spacial score (nSPS) is 11.7. The molecule has 10 nitrogen and oxygen atoms in total. The van der Waals surface area contributed by atoms with Crippen LogP contribution in [0.5, 0.6) is 0 Å². The maximum absolute atomic E-state index is 12.4. The minimum Gasteiger partial charge on any atom is -0.351 e. The third kappa shape index (κ3) is 25.5. The maximum Gasteiger partial charge on any atom is 0.275 e. The largest absolute Gasteiger partial charge is 0.351 e. The highest BCUT2D eigenvalue weighted by molar-refractivity contribution is 5.80. The van der Waals surface area contributed by atoms with E-state index in [2.05, 4.69) is 35.1 Å². The van der Waals surface area contributed by atoms with Crippen LogP contribution in [0.1, 0.15) is 104 Å². The Balaban J connectivity index is 3.95. The molecule has 0 fully saturated rings. The van der Waals surface area contributed by atoms with Crippen LogP contribution in [0, 0.1) is 0 Å². The molecule has 0 aliphatic heterocycles. The van der Waals surface area contributed by atoms with Gasteiger partial charge in [0.15, 0.2) is 26.2 Å². The van der Waals surface area contributed by atoms with Crippen molar-refractivity contribution in [2.24, 2.45) is 0 Å². The van der Waals surface area contributed by atoms with Gasteiger partial charge in [0.05, 0.1) is 28.2 Å². The van der Waals surface area contributed by atoms with Gasteiger partial charge in [0.2, 0.25) is 0 Å². The Kier molecular flexibility index (Phi) is 23.0. The van der Waals surface area contributed by atoms with E-state index in [4.69, 9.17) is 0 Å². The third-order valence-electron chi connectivity index (χ3n) is 7.24. The van der Waals surface area contributed by atoms with Gasteiger partial charge < -0.3 is 30.2 Å². The standard InChI is InChI=1S/C32H64N6O4/c1-7-9-11-13-15-17-21-33-29(39)25-37(3,4)27-31(41)35-23-19-20-24-36-32(42)28-38(5,6)26-30(40)34-22-18-16-14-12-10-8-2/h7-28H2,1-6H3,(H2-2,33,34,35,36,39,40,41,42)/p+2. The molecule has 0 aliphatic rings. The number of rotatable bonds is 27. The van der Waals surface area contributed by atoms with Crippen molar-refractivity contribution >= 4 is 23.6 Å². The van der Waals surface area contributed by atoms with E-state index < -0.39 is 0 Å². The topological polar surface area (TPSA) is 116 Å². The molecule has 42 heavy (non-hydrogen) atoms. The molecule has 0 heterocycles. The number of carbonyl (C=O) groups excluding carboxylic acids is 4. The summed E-state index contributed by atoms with van der Waals surface area (Å²) in [5.74, 6) is -0.205. The second-order valence-corrected chi connectivity index (χ2v) is 13.1. The van der Waals surface area contributed by atoms with E-state index in [1.165, 1.54) is 51.4 Å². The number of hydrogen-bond donors (Lipinski definition) is 4. The van der Waals surface area contributed by atoms with Crippen LogP contribution in [0.15, 0.2) is 0 Å². The van der Waals surface area contributed by atoms with Crippen molar-refractivity contribution < 1.29 is 28.1 Å². The fourth-order valence-corrected chi connectivity index (χ4v) is 4.86. The van der Waals surface area contributed by atoms with Gasteiger partial charge in [-0.3, -0.25) is 19.2 Å². The number of carbonyl (C=O) groups is 4. The van der Waals surface area contributed by atoms with Crippen molar-refractivity contribution in [2.45, 2.75) is 104 Å². The van der Waals surface area contributed by atoms with E-state index in [0.717, 1.165) is 38.5 Å². The van der Waals surface area contributed by atoms with E-state index in [1.807, 2.05) is 28.2 Å². The van der Waals surface area contributed by atoms with Crippen molar-refractivity contribution in [3.63, 3.8) is 0 Å². The van der Waals surface area contributed by atoms with Crippen molar-refractivity contribution in [2.75, 3.05) is 80.5 Å². The van der Waals surface area contributed by atoms with Gasteiger partial charge >= 0.3 is 0 Å². The number of unbranched alkanes of at least 4 members (excludes halogenated alkanes) is 11. The number of nitrogens with one attached hydrogen (secondary N) is 4. The van der Waals surface area contributed by atoms with Gasteiger partial charge in [-0.05, 0) is 25.7 Å². The van der Waals surface area contributed by atoms with Gasteiger partial charge in [-0.25, -0.2) is 0 Å². The first-order valence-electron chi connectivity index (χ1n) is 16.6. The number of nitrogens with zero attached hydrogens (tertiary/aromatic N) is 2. The molecule has 0 unspecified atom stereocenters. The molecule has 0 aromatic carbocycles. The van der Waals surface area contributed by atoms with Crippen LogP contribution in [0.4, 0.5) is 0 Å². The molecule has 4 amide bonds. The lowest BCUT2D eigenvalue weighted by Crippen LogP contribution is -2.52. The van der Waals surface area contributed by atoms with Gasteiger partial charge in [-0.1, -0.05) is 78.1 Å². The molecule has 246 valence electrons. The zero-order valence-corrected chi connectivity index (χ0v) is 28.1. The summed E-state index contributed by atoms with van der Waals surface area (Å²) in [5, 5.41) is 11.8. The van der Waals surface area contributed by atoms with Crippen LogP contribution in [-0.2, 0) is 19.2 Å². The average molecular weight is 599 g/mol. The average Bonchev–Trinajstić information content (AvgIpc) is 2.88. The number of likely N-dealkylation sites (N-methyl/N-ethyl adjacent to an activating group) is 2. The zero-order chi connectivity index (χ0) is 31.7. The summed E-state index contributed by atoms with van der Waals surface area (Å²) in [6.07, 6.45) is 15.7. The smallest absolute Gasteiger partial charge is 0.275 e. The highest BCUT2D eigenvalue weighted by Gasteiger charge is 2.24. The molecule has 0 saturated carbocycles. The van der Waals surface area contributed by atoms with Gasteiger partial charge in [0, 0.05) is 26.2 Å². The lowest BCUT2D eigenvalue weighted by Gasteiger charge is -2.28. The number of quaternary nitrogens is 2. The van der Waals surface area contributed by atoms with Crippen LogP contribution in [0.25, 0.3) is 0 Å². The zero-order valence-electron chi connectivity index (χ0n) is 28.1. The molecule has 0 rings (SSSR count). The Bertz CT molecular complexity index is 695. The Morgan fingerprint density at radius 1 is 0.381 bits per heavy atom. The Labute approximate surface area is 257 Å². The lowest BCUT2D eigenvalue weighted by atomic mass is 10.1. The quantitative estimate of drug-likeness (QED) is 0.0859. The molecule has 4 N–H and O–H groups in total. The van der Waals surface area contributed by atoms with Crippen molar-refractivity contribution in [1.29, 1.82) is 0 Å². The summed E-state index contributed by atoms with van der Waals surface area (Å²) >= 11 is 0. The molecule has 0 radical (unpaired) electrons. The van der Waals surface area contributed by atoms with Crippen LogP contribution < -0.4 is 21.3 Å². The summed E-state index contributed by atoms with van der Waals surface area (Å²) in [4.78, 5) is 49.3. The first kappa shape index (κ1) is 39.8. The third-order valence-corrected chi connectivity index (χ3v) is 7.24. The first-order valence-corrected chi connectivity index (χ1v) is 16.6. The molecular formula is C32H66N6O4+2. The van der Waals surface area contributed by atoms with Crippen LogP contribution in [0.2, 0.25) is 0 Å². The second kappa shape index (κ2) is 24.3. The van der Waals surface area contributed by atoms with E-state index in [0.29, 0.717) is 35.1 Å². The second-order valence-electron chi connectivity index (χ2n) is 13.1. The number of amides is 4. The first-order chi connectivity index (χ1) is 19.9. The summed E-state index contributed by atoms with van der Waals surface area (Å²) in [6, 6.07) is 0. The molecule has 0 aromatic heterocycles. The summed E-state index contributed by atoms with van der Waals surface area (Å²) in [7, 11) is 7.55. The van der Waals surface area contributed by atoms with E-state index >= 15 is 0 Å². The monoisotopic (exact) mass is 599 g/mol. The van der Waals surface area contributed by atoms with Gasteiger partial charge in [0.1, 0.15) is 0 Å². The Morgan fingerprint density at radius 2 is 0.595 bits per heavy atom. The fourth-order valence-electron chi connectivity index (χ4n) is 4.86. The van der Waals surface area contributed by atoms with Crippen LogP contribution >= 0.6 is 0 Å². The molecule has 0 atom stereocenters. The van der Waals surface area contributed by atoms with Gasteiger partial charge in [-0.15, -0.1) is 0 Å². The van der Waals surface area contributed by atoms with Crippen molar-refractivity contribution in [1.82, 2.24) is 21.3 Å². The molecule has 10 heteroatoms. The van der Waals surface area contributed by atoms with Crippen LogP contribution in [-0.4, -0.2) is 113 Å². The van der Waals surface area contributed by atoms with Crippen LogP contribution in [0.3, 0.4) is 0 Å². The minimum absolute atomic E-state index is 0.0207. The maximum atomic E-state index is 12.4. The van der Waals surface area contributed by atoms with Gasteiger partial charge in [-0.2, -0.15) is 0 Å². The predicted molar refractivity (Wildman–Crippen MR) is 172 cm³/mol. The van der Waals surface area contributed by atoms with Gasteiger partial charge in [0.25, 0.3) is 23.6 Å². The molecule has 0 spiro atoms. The Morgan fingerprint density at radius 3 is 0.857 bits per heavy atom. The Hall–Kier alpha value is -2.20. The summed E-state index contributed by atoms with van der Waals surface area (Å²) in [5.41, 5.74) is 0. The molecule has 0 saturated heterocycles. The molecular weight excluding hydrogens is 532 g/mol. The highest BCUT2D eigenvalue weighted by atomic mass is 16.2. The fraction of sp³-hybridized carbons (Fsp3) is 0.875. The number of hydrogen-bond acceptors (Lipinski definition) is 4. The lowest BCUT2D eigenvalue weighted by molar-refractivity contribution is -0.874. The van der Waals surface area contributed by atoms with Crippen molar-refractivity contribution in [3.8, 4) is 0 Å². The molecule has 0 aromatic rings. The van der Waals surface area contributed by atoms with E-state index in [-0.39, 0.29) is 49.8 Å². The summed E-state index contributed by atoms with van der Waals surface area (Å²) in [6.45, 7) is 7.86.